The van der Waals surface area contributed by atoms with E-state index in [1.807, 2.05) is 0 Å². The Morgan fingerprint density at radius 3 is 2.86 bits per heavy atom. The number of amides is 1. The maximum Gasteiger partial charge on any atom is 0.216 e. The van der Waals surface area contributed by atoms with Gasteiger partial charge in [-0.25, -0.2) is 9.37 Å². The van der Waals surface area contributed by atoms with Gasteiger partial charge in [0.15, 0.2) is 5.13 Å². The standard InChI is InChI=1S/C15H19FN4OS/c1-11(21)17-4-5-19-6-8-20(9-7-19)15-18-13-3-2-12(16)10-14(13)22-15/h2-3,10H,4-9H2,1H3,(H,17,21). The molecule has 2 heterocycles. The molecule has 0 aliphatic carbocycles. The molecule has 118 valence electrons. The Bertz CT molecular complexity index is 667. The van der Waals surface area contributed by atoms with Crippen LogP contribution in [0, 0.1) is 5.82 Å². The number of anilines is 1. The highest BCUT2D eigenvalue weighted by molar-refractivity contribution is 7.22. The highest BCUT2D eigenvalue weighted by Gasteiger charge is 2.19. The number of carbonyl (C=O) groups is 1. The molecule has 1 aromatic carbocycles. The second-order valence-electron chi connectivity index (χ2n) is 5.42. The molecule has 0 bridgehead atoms. The van der Waals surface area contributed by atoms with Crippen LogP contribution < -0.4 is 10.2 Å². The van der Waals surface area contributed by atoms with Crippen LogP contribution in [0.15, 0.2) is 18.2 Å². The van der Waals surface area contributed by atoms with Crippen LogP contribution in [0.4, 0.5) is 9.52 Å². The first-order valence-corrected chi connectivity index (χ1v) is 8.21. The number of benzene rings is 1. The number of aromatic nitrogens is 1. The van der Waals surface area contributed by atoms with E-state index in [0.717, 1.165) is 48.1 Å². The molecule has 1 saturated heterocycles. The lowest BCUT2D eigenvalue weighted by molar-refractivity contribution is -0.119. The lowest BCUT2D eigenvalue weighted by Gasteiger charge is -2.34. The minimum atomic E-state index is -0.217. The quantitative estimate of drug-likeness (QED) is 0.931. The molecule has 1 amide bonds. The Morgan fingerprint density at radius 1 is 1.36 bits per heavy atom. The van der Waals surface area contributed by atoms with Crippen molar-refractivity contribution in [3.05, 3.63) is 24.0 Å². The molecule has 5 nitrogen and oxygen atoms in total. The first-order chi connectivity index (χ1) is 10.6. The van der Waals surface area contributed by atoms with Crippen LogP contribution in [0.25, 0.3) is 10.2 Å². The lowest BCUT2D eigenvalue weighted by atomic mass is 10.3. The summed E-state index contributed by atoms with van der Waals surface area (Å²) >= 11 is 1.54. The number of hydrogen-bond acceptors (Lipinski definition) is 5. The summed E-state index contributed by atoms with van der Waals surface area (Å²) in [6.45, 7) is 6.81. The molecule has 0 radical (unpaired) electrons. The molecule has 0 unspecified atom stereocenters. The summed E-state index contributed by atoms with van der Waals surface area (Å²) in [5, 5.41) is 3.78. The van der Waals surface area contributed by atoms with Crippen molar-refractivity contribution in [1.29, 1.82) is 0 Å². The van der Waals surface area contributed by atoms with Crippen LogP contribution in [0.5, 0.6) is 0 Å². The number of carbonyl (C=O) groups excluding carboxylic acids is 1. The van der Waals surface area contributed by atoms with Crippen LogP contribution >= 0.6 is 11.3 Å². The normalized spacial score (nSPS) is 16.2. The van der Waals surface area contributed by atoms with E-state index in [1.165, 1.54) is 13.0 Å². The van der Waals surface area contributed by atoms with Gasteiger partial charge in [-0.2, -0.15) is 0 Å². The van der Waals surface area contributed by atoms with Crippen LogP contribution in [0.2, 0.25) is 0 Å². The van der Waals surface area contributed by atoms with E-state index in [-0.39, 0.29) is 11.7 Å². The summed E-state index contributed by atoms with van der Waals surface area (Å²) in [6, 6.07) is 4.72. The minimum Gasteiger partial charge on any atom is -0.355 e. The third kappa shape index (κ3) is 3.53. The lowest BCUT2D eigenvalue weighted by Crippen LogP contribution is -2.48. The Hall–Kier alpha value is -1.73. The molecule has 0 spiro atoms. The highest BCUT2D eigenvalue weighted by atomic mass is 32.1. The predicted octanol–water partition coefficient (Wildman–Crippen LogP) is 1.69. The van der Waals surface area contributed by atoms with Crippen molar-refractivity contribution < 1.29 is 9.18 Å². The van der Waals surface area contributed by atoms with Gasteiger partial charge in [-0.3, -0.25) is 9.69 Å². The van der Waals surface area contributed by atoms with Crippen molar-refractivity contribution >= 4 is 32.6 Å². The Balaban J connectivity index is 1.57. The second-order valence-corrected chi connectivity index (χ2v) is 6.43. The molecule has 0 saturated carbocycles. The second kappa shape index (κ2) is 6.58. The molecule has 1 fully saturated rings. The fourth-order valence-corrected chi connectivity index (χ4v) is 3.62. The zero-order chi connectivity index (χ0) is 15.5. The Kier molecular flexibility index (Phi) is 4.54. The van der Waals surface area contributed by atoms with E-state index >= 15 is 0 Å². The molecule has 3 rings (SSSR count). The van der Waals surface area contributed by atoms with Gasteiger partial charge in [0.05, 0.1) is 10.2 Å². The summed E-state index contributed by atoms with van der Waals surface area (Å²) in [7, 11) is 0. The molecule has 1 N–H and O–H groups in total. The minimum absolute atomic E-state index is 0.0142. The summed E-state index contributed by atoms with van der Waals surface area (Å²) in [5.41, 5.74) is 0.856. The third-order valence-corrected chi connectivity index (χ3v) is 4.86. The molecule has 0 atom stereocenters. The highest BCUT2D eigenvalue weighted by Crippen LogP contribution is 2.29. The van der Waals surface area contributed by atoms with Gasteiger partial charge in [0, 0.05) is 46.2 Å². The maximum absolute atomic E-state index is 13.2. The van der Waals surface area contributed by atoms with Crippen molar-refractivity contribution in [3.63, 3.8) is 0 Å². The van der Waals surface area contributed by atoms with Crippen molar-refractivity contribution in [3.8, 4) is 0 Å². The maximum atomic E-state index is 13.2. The molecule has 1 aliphatic heterocycles. The summed E-state index contributed by atoms with van der Waals surface area (Å²) < 4.78 is 14.1. The van der Waals surface area contributed by atoms with Crippen LogP contribution in [0.1, 0.15) is 6.92 Å². The number of hydrogen-bond donors (Lipinski definition) is 1. The molecular weight excluding hydrogens is 303 g/mol. The largest absolute Gasteiger partial charge is 0.355 e. The van der Waals surface area contributed by atoms with E-state index < -0.39 is 0 Å². The fraction of sp³-hybridized carbons (Fsp3) is 0.467. The van der Waals surface area contributed by atoms with E-state index in [2.05, 4.69) is 20.1 Å². The van der Waals surface area contributed by atoms with Gasteiger partial charge < -0.3 is 10.2 Å². The van der Waals surface area contributed by atoms with Gasteiger partial charge in [0.2, 0.25) is 5.91 Å². The van der Waals surface area contributed by atoms with Crippen LogP contribution in [0.3, 0.4) is 0 Å². The van der Waals surface area contributed by atoms with E-state index in [0.29, 0.717) is 6.54 Å². The number of nitrogens with one attached hydrogen (secondary N) is 1. The number of fused-ring (bicyclic) bond motifs is 1. The number of rotatable bonds is 4. The van der Waals surface area contributed by atoms with Crippen LogP contribution in [-0.2, 0) is 4.79 Å². The summed E-state index contributed by atoms with van der Waals surface area (Å²) in [6.07, 6.45) is 0. The van der Waals surface area contributed by atoms with Crippen molar-refractivity contribution in [2.24, 2.45) is 0 Å². The van der Waals surface area contributed by atoms with Gasteiger partial charge in [-0.05, 0) is 18.2 Å². The Morgan fingerprint density at radius 2 is 2.14 bits per heavy atom. The average Bonchev–Trinajstić information content (AvgIpc) is 2.90. The topological polar surface area (TPSA) is 48.5 Å². The SMILES string of the molecule is CC(=O)NCCN1CCN(c2nc3ccc(F)cc3s2)CC1. The predicted molar refractivity (Wildman–Crippen MR) is 86.9 cm³/mol. The van der Waals surface area contributed by atoms with Gasteiger partial charge in [-0.1, -0.05) is 11.3 Å². The van der Waals surface area contributed by atoms with Gasteiger partial charge in [0.25, 0.3) is 0 Å². The smallest absolute Gasteiger partial charge is 0.216 e. The molecule has 1 aliphatic rings. The zero-order valence-corrected chi connectivity index (χ0v) is 13.3. The molecule has 22 heavy (non-hydrogen) atoms. The first kappa shape index (κ1) is 15.2. The van der Waals surface area contributed by atoms with E-state index in [1.54, 1.807) is 23.5 Å². The Labute approximate surface area is 132 Å². The van der Waals surface area contributed by atoms with E-state index in [4.69, 9.17) is 0 Å². The number of nitrogens with zero attached hydrogens (tertiary/aromatic N) is 3. The van der Waals surface area contributed by atoms with Crippen LogP contribution in [-0.4, -0.2) is 55.1 Å². The number of thiazole rings is 1. The van der Waals surface area contributed by atoms with Gasteiger partial charge in [-0.15, -0.1) is 0 Å². The summed E-state index contributed by atoms with van der Waals surface area (Å²) in [4.78, 5) is 20.0. The van der Waals surface area contributed by atoms with Crippen molar-refractivity contribution in [1.82, 2.24) is 15.2 Å². The molecule has 1 aromatic heterocycles. The van der Waals surface area contributed by atoms with Gasteiger partial charge in [0.1, 0.15) is 5.82 Å². The molecular formula is C15H19FN4OS. The van der Waals surface area contributed by atoms with E-state index in [9.17, 15) is 9.18 Å². The number of halogens is 1. The summed E-state index contributed by atoms with van der Waals surface area (Å²) in [5.74, 6) is -0.203. The van der Waals surface area contributed by atoms with Crippen molar-refractivity contribution in [2.45, 2.75) is 6.92 Å². The number of piperazine rings is 1. The fourth-order valence-electron chi connectivity index (χ4n) is 2.57. The molecule has 7 heteroatoms. The van der Waals surface area contributed by atoms with Crippen molar-refractivity contribution in [2.75, 3.05) is 44.2 Å². The van der Waals surface area contributed by atoms with Gasteiger partial charge >= 0.3 is 0 Å². The average molecular weight is 322 g/mol. The first-order valence-electron chi connectivity index (χ1n) is 7.39. The monoisotopic (exact) mass is 322 g/mol. The molecule has 2 aromatic rings. The third-order valence-electron chi connectivity index (χ3n) is 3.78. The zero-order valence-electron chi connectivity index (χ0n) is 12.5.